The maximum absolute atomic E-state index is 12.4. The molecule has 4 rings (SSSR count). The zero-order valence-corrected chi connectivity index (χ0v) is 18.6. The third kappa shape index (κ3) is 4.77. The van der Waals surface area contributed by atoms with Crippen molar-refractivity contribution in [1.82, 2.24) is 4.98 Å². The second kappa shape index (κ2) is 9.68. The molecule has 166 valence electrons. The van der Waals surface area contributed by atoms with E-state index < -0.39 is 29.9 Å². The molecule has 1 aromatic heterocycles. The molecule has 0 saturated carbocycles. The number of hydrogen-bond acceptors (Lipinski definition) is 4. The predicted octanol–water partition coefficient (Wildman–Crippen LogP) is 4.89. The van der Waals surface area contributed by atoms with Crippen LogP contribution in [-0.2, 0) is 22.5 Å². The SMILES string of the molecule is O=C(O)COc1cccc2c1CCCC2N(c1ccc(-c2ccc(Cl)cc2)cn1)S(=O)O. The molecule has 1 aliphatic rings. The van der Waals surface area contributed by atoms with Crippen molar-refractivity contribution < 1.29 is 23.4 Å². The molecule has 2 atom stereocenters. The third-order valence-corrected chi connectivity index (χ3v) is 6.42. The highest BCUT2D eigenvalue weighted by Crippen LogP contribution is 2.40. The normalized spacial score (nSPS) is 16.1. The van der Waals surface area contributed by atoms with E-state index in [0.717, 1.165) is 28.7 Å². The molecule has 1 aliphatic carbocycles. The van der Waals surface area contributed by atoms with Crippen LogP contribution in [0.5, 0.6) is 5.75 Å². The van der Waals surface area contributed by atoms with Crippen LogP contribution in [0, 0.1) is 0 Å². The van der Waals surface area contributed by atoms with Crippen LogP contribution in [0.3, 0.4) is 0 Å². The highest BCUT2D eigenvalue weighted by atomic mass is 35.5. The average Bonchev–Trinajstić information content (AvgIpc) is 2.79. The minimum Gasteiger partial charge on any atom is -0.482 e. The van der Waals surface area contributed by atoms with Crippen LogP contribution in [-0.4, -0.2) is 31.4 Å². The Morgan fingerprint density at radius 2 is 1.91 bits per heavy atom. The lowest BCUT2D eigenvalue weighted by Gasteiger charge is -2.34. The number of pyridine rings is 1. The number of ether oxygens (including phenoxy) is 1. The molecular weight excluding hydrogens is 452 g/mol. The van der Waals surface area contributed by atoms with E-state index in [1.165, 1.54) is 4.31 Å². The number of halogens is 1. The Morgan fingerprint density at radius 3 is 2.56 bits per heavy atom. The molecule has 0 radical (unpaired) electrons. The minimum absolute atomic E-state index is 0.373. The zero-order valence-electron chi connectivity index (χ0n) is 17.0. The van der Waals surface area contributed by atoms with E-state index in [-0.39, 0.29) is 0 Å². The van der Waals surface area contributed by atoms with E-state index in [0.29, 0.717) is 29.4 Å². The number of aromatic nitrogens is 1. The summed E-state index contributed by atoms with van der Waals surface area (Å²) in [6, 6.07) is 15.9. The molecule has 0 fully saturated rings. The summed E-state index contributed by atoms with van der Waals surface area (Å²) < 4.78 is 29.3. The molecule has 0 bridgehead atoms. The van der Waals surface area contributed by atoms with Gasteiger partial charge in [0.05, 0.1) is 6.04 Å². The lowest BCUT2D eigenvalue weighted by Crippen LogP contribution is -2.33. The van der Waals surface area contributed by atoms with Crippen molar-refractivity contribution in [2.24, 2.45) is 0 Å². The van der Waals surface area contributed by atoms with Gasteiger partial charge in [-0.25, -0.2) is 18.3 Å². The lowest BCUT2D eigenvalue weighted by molar-refractivity contribution is -0.139. The molecule has 32 heavy (non-hydrogen) atoms. The molecule has 2 N–H and O–H groups in total. The molecule has 9 heteroatoms. The molecule has 2 aromatic carbocycles. The van der Waals surface area contributed by atoms with Gasteiger partial charge in [-0.05, 0) is 66.3 Å². The summed E-state index contributed by atoms with van der Waals surface area (Å²) in [5, 5.41) is 9.58. The van der Waals surface area contributed by atoms with Crippen LogP contribution >= 0.6 is 11.6 Å². The minimum atomic E-state index is -2.31. The van der Waals surface area contributed by atoms with Crippen molar-refractivity contribution >= 4 is 34.7 Å². The van der Waals surface area contributed by atoms with Gasteiger partial charge in [0.25, 0.3) is 11.3 Å². The summed E-state index contributed by atoms with van der Waals surface area (Å²) >= 11 is 3.64. The first-order chi connectivity index (χ1) is 15.4. The Bertz CT molecular complexity index is 1140. The van der Waals surface area contributed by atoms with Crippen LogP contribution < -0.4 is 9.04 Å². The van der Waals surface area contributed by atoms with Crippen molar-refractivity contribution in [2.75, 3.05) is 10.9 Å². The van der Waals surface area contributed by atoms with Crippen LogP contribution in [0.4, 0.5) is 5.82 Å². The molecule has 3 aromatic rings. The van der Waals surface area contributed by atoms with Gasteiger partial charge in [0, 0.05) is 16.8 Å². The topological polar surface area (TPSA) is 100.0 Å². The van der Waals surface area contributed by atoms with Crippen LogP contribution in [0.1, 0.15) is 30.0 Å². The Labute approximate surface area is 193 Å². The van der Waals surface area contributed by atoms with Gasteiger partial charge in [0.15, 0.2) is 6.61 Å². The third-order valence-electron chi connectivity index (χ3n) is 5.39. The van der Waals surface area contributed by atoms with Gasteiger partial charge >= 0.3 is 5.97 Å². The molecule has 0 saturated heterocycles. The highest BCUT2D eigenvalue weighted by Gasteiger charge is 2.32. The average molecular weight is 473 g/mol. The van der Waals surface area contributed by atoms with Gasteiger partial charge in [-0.2, -0.15) is 0 Å². The van der Waals surface area contributed by atoms with E-state index in [1.54, 1.807) is 36.5 Å². The van der Waals surface area contributed by atoms with Crippen molar-refractivity contribution in [3.63, 3.8) is 0 Å². The van der Waals surface area contributed by atoms with Crippen molar-refractivity contribution in [2.45, 2.75) is 25.3 Å². The lowest BCUT2D eigenvalue weighted by atomic mass is 9.87. The first-order valence-corrected chi connectivity index (χ1v) is 11.5. The maximum Gasteiger partial charge on any atom is 0.341 e. The zero-order chi connectivity index (χ0) is 22.7. The van der Waals surface area contributed by atoms with Crippen LogP contribution in [0.2, 0.25) is 5.02 Å². The molecule has 2 unspecified atom stereocenters. The Morgan fingerprint density at radius 1 is 1.16 bits per heavy atom. The van der Waals surface area contributed by atoms with Gasteiger partial charge in [-0.15, -0.1) is 0 Å². The van der Waals surface area contributed by atoms with Crippen LogP contribution in [0.25, 0.3) is 11.1 Å². The van der Waals surface area contributed by atoms with Crippen molar-refractivity contribution in [3.8, 4) is 16.9 Å². The molecule has 0 aliphatic heterocycles. The first kappa shape index (κ1) is 22.3. The number of hydrogen-bond donors (Lipinski definition) is 2. The van der Waals surface area contributed by atoms with E-state index in [9.17, 15) is 13.6 Å². The maximum atomic E-state index is 12.4. The summed E-state index contributed by atoms with van der Waals surface area (Å²) in [4.78, 5) is 15.4. The van der Waals surface area contributed by atoms with Gasteiger partial charge in [0.2, 0.25) is 0 Å². The number of aliphatic carboxylic acids is 1. The summed E-state index contributed by atoms with van der Waals surface area (Å²) in [6.45, 7) is -0.440. The Hall–Kier alpha value is -2.94. The highest BCUT2D eigenvalue weighted by molar-refractivity contribution is 7.80. The predicted molar refractivity (Wildman–Crippen MR) is 123 cm³/mol. The second-order valence-corrected chi connectivity index (χ2v) is 8.67. The van der Waals surface area contributed by atoms with E-state index >= 15 is 0 Å². The molecule has 0 spiro atoms. The number of anilines is 1. The molecular formula is C23H21ClN2O5S. The van der Waals surface area contributed by atoms with E-state index in [1.807, 2.05) is 24.3 Å². The fourth-order valence-electron chi connectivity index (χ4n) is 3.99. The summed E-state index contributed by atoms with van der Waals surface area (Å²) in [5.41, 5.74) is 3.50. The largest absolute Gasteiger partial charge is 0.482 e. The first-order valence-electron chi connectivity index (χ1n) is 10.0. The van der Waals surface area contributed by atoms with Crippen molar-refractivity contribution in [1.29, 1.82) is 0 Å². The standard InChI is InChI=1S/C23H21ClN2O5S/c24-17-10-7-15(8-11-17)16-9-12-22(25-13-16)26(32(29)30)20-5-1-4-19-18(20)3-2-6-21(19)31-14-23(27)28/h2-3,6-13,20H,1,4-5,14H2,(H,27,28)(H,29,30). The summed E-state index contributed by atoms with van der Waals surface area (Å²) in [7, 11) is 0. The van der Waals surface area contributed by atoms with Gasteiger partial charge in [0.1, 0.15) is 11.6 Å². The van der Waals surface area contributed by atoms with Crippen LogP contribution in [0.15, 0.2) is 60.8 Å². The number of carboxylic acid groups (broad SMARTS) is 1. The number of rotatable bonds is 7. The fourth-order valence-corrected chi connectivity index (χ4v) is 4.82. The number of fused-ring (bicyclic) bond motifs is 1. The van der Waals surface area contributed by atoms with Gasteiger partial charge in [-0.1, -0.05) is 35.9 Å². The smallest absolute Gasteiger partial charge is 0.341 e. The molecule has 1 heterocycles. The number of carbonyl (C=O) groups is 1. The Balaban J connectivity index is 1.66. The van der Waals surface area contributed by atoms with Gasteiger partial charge in [-0.3, -0.25) is 4.55 Å². The van der Waals surface area contributed by atoms with Gasteiger partial charge < -0.3 is 9.84 Å². The van der Waals surface area contributed by atoms with Crippen molar-refractivity contribution in [3.05, 3.63) is 76.9 Å². The second-order valence-electron chi connectivity index (χ2n) is 7.38. The number of nitrogens with zero attached hydrogens (tertiary/aromatic N) is 2. The number of benzene rings is 2. The molecule has 7 nitrogen and oxygen atoms in total. The quantitative estimate of drug-likeness (QED) is 0.475. The van der Waals surface area contributed by atoms with E-state index in [4.69, 9.17) is 21.4 Å². The Kier molecular flexibility index (Phi) is 6.74. The summed E-state index contributed by atoms with van der Waals surface area (Å²) in [5.74, 6) is -0.194. The fraction of sp³-hybridized carbons (Fsp3) is 0.217. The monoisotopic (exact) mass is 472 g/mol. The molecule has 0 amide bonds. The number of carboxylic acids is 1. The van der Waals surface area contributed by atoms with E-state index in [2.05, 4.69) is 4.98 Å². The summed E-state index contributed by atoms with van der Waals surface area (Å²) in [6.07, 6.45) is 3.79.